The molecule has 184 valence electrons. The maximum absolute atomic E-state index is 14.1. The third-order valence-electron chi connectivity index (χ3n) is 7.49. The molecule has 0 fully saturated rings. The van der Waals surface area contributed by atoms with Crippen LogP contribution in [0.3, 0.4) is 0 Å². The topological polar surface area (TPSA) is 41.6 Å². The van der Waals surface area contributed by atoms with Gasteiger partial charge >= 0.3 is 0 Å². The van der Waals surface area contributed by atoms with Crippen molar-refractivity contribution in [3.63, 3.8) is 0 Å². The van der Waals surface area contributed by atoms with E-state index in [4.69, 9.17) is 4.74 Å². The van der Waals surface area contributed by atoms with Crippen LogP contribution in [0.5, 0.6) is 5.75 Å². The summed E-state index contributed by atoms with van der Waals surface area (Å²) in [6.45, 7) is 0.683. The van der Waals surface area contributed by atoms with Crippen LogP contribution in [0.4, 0.5) is 11.4 Å². The molecule has 1 N–H and O–H groups in total. The first-order valence-electron chi connectivity index (χ1n) is 12.8. The number of anilines is 2. The van der Waals surface area contributed by atoms with E-state index < -0.39 is 0 Å². The fraction of sp³-hybridized carbons (Fsp3) is 0.182. The minimum Gasteiger partial charge on any atom is -0.497 e. The molecule has 37 heavy (non-hydrogen) atoms. The third kappa shape index (κ3) is 4.51. The molecule has 2 unspecified atom stereocenters. The van der Waals surface area contributed by atoms with Crippen LogP contribution in [0.2, 0.25) is 0 Å². The number of methoxy groups -OCH3 is 1. The molecule has 2 atom stereocenters. The zero-order chi connectivity index (χ0) is 25.2. The summed E-state index contributed by atoms with van der Waals surface area (Å²) in [5.74, 6) is 1.16. The van der Waals surface area contributed by atoms with E-state index in [0.29, 0.717) is 13.0 Å². The Morgan fingerprint density at radius 3 is 2.19 bits per heavy atom. The van der Waals surface area contributed by atoms with Gasteiger partial charge in [-0.2, -0.15) is 0 Å². The van der Waals surface area contributed by atoms with Gasteiger partial charge in [-0.1, -0.05) is 84.9 Å². The van der Waals surface area contributed by atoms with Crippen LogP contribution in [0, 0.1) is 0 Å². The quantitative estimate of drug-likeness (QED) is 0.322. The summed E-state index contributed by atoms with van der Waals surface area (Å²) >= 11 is 0. The SMILES string of the molecule is COc1ccc(C2C3=C(CC(c4ccccc4)CC3=O)Nc3ccccc3N2Cc2ccccc2)cc1. The Kier molecular flexibility index (Phi) is 6.23. The van der Waals surface area contributed by atoms with Crippen molar-refractivity contribution >= 4 is 17.2 Å². The predicted molar refractivity (Wildman–Crippen MR) is 149 cm³/mol. The molecule has 1 aliphatic heterocycles. The lowest BCUT2D eigenvalue weighted by Gasteiger charge is -2.36. The van der Waals surface area contributed by atoms with E-state index in [1.165, 1.54) is 11.1 Å². The van der Waals surface area contributed by atoms with Gasteiger partial charge in [0.15, 0.2) is 5.78 Å². The number of ketones is 1. The second kappa shape index (κ2) is 9.98. The lowest BCUT2D eigenvalue weighted by atomic mass is 9.78. The first-order chi connectivity index (χ1) is 18.2. The standard InChI is InChI=1S/C33H30N2O2/c1-37-27-18-16-25(17-19-27)33-32-29(20-26(21-31(32)36)24-12-6-3-7-13-24)34-28-14-8-9-15-30(28)35(33)22-23-10-4-2-5-11-23/h2-19,26,33-34H,20-22H2,1H3. The van der Waals surface area contributed by atoms with E-state index >= 15 is 0 Å². The van der Waals surface area contributed by atoms with E-state index in [-0.39, 0.29) is 17.7 Å². The number of carbonyl (C=O) groups excluding carboxylic acids is 1. The molecule has 0 aromatic heterocycles. The molecule has 6 rings (SSSR count). The predicted octanol–water partition coefficient (Wildman–Crippen LogP) is 7.27. The average Bonchev–Trinajstić information content (AvgIpc) is 3.09. The highest BCUT2D eigenvalue weighted by atomic mass is 16.5. The van der Waals surface area contributed by atoms with Gasteiger partial charge in [0.1, 0.15) is 5.75 Å². The number of fused-ring (bicyclic) bond motifs is 1. The van der Waals surface area contributed by atoms with Crippen LogP contribution in [0.15, 0.2) is 120 Å². The van der Waals surface area contributed by atoms with Crippen molar-refractivity contribution in [2.24, 2.45) is 0 Å². The second-order valence-electron chi connectivity index (χ2n) is 9.76. The molecule has 4 aromatic carbocycles. The summed E-state index contributed by atoms with van der Waals surface area (Å²) in [6, 6.07) is 37.2. The fourth-order valence-electron chi connectivity index (χ4n) is 5.70. The van der Waals surface area contributed by atoms with Crippen molar-refractivity contribution in [1.29, 1.82) is 0 Å². The Morgan fingerprint density at radius 1 is 0.784 bits per heavy atom. The van der Waals surface area contributed by atoms with Gasteiger partial charge in [-0.05, 0) is 53.3 Å². The van der Waals surface area contributed by atoms with Gasteiger partial charge in [0, 0.05) is 24.2 Å². The van der Waals surface area contributed by atoms with Gasteiger partial charge in [0.25, 0.3) is 0 Å². The van der Waals surface area contributed by atoms with E-state index in [1.54, 1.807) is 7.11 Å². The molecule has 0 saturated carbocycles. The Morgan fingerprint density at radius 2 is 1.46 bits per heavy atom. The zero-order valence-electron chi connectivity index (χ0n) is 20.9. The Balaban J connectivity index is 1.52. The number of allylic oxidation sites excluding steroid dienone is 1. The Bertz CT molecular complexity index is 1430. The number of hydrogen-bond donors (Lipinski definition) is 1. The lowest BCUT2D eigenvalue weighted by Crippen LogP contribution is -2.34. The highest BCUT2D eigenvalue weighted by Crippen LogP contribution is 2.48. The number of benzene rings is 4. The number of Topliss-reactive ketones (excluding diaryl/α,β-unsaturated/α-hetero) is 1. The summed E-state index contributed by atoms with van der Waals surface area (Å²) in [5.41, 5.74) is 7.50. The smallest absolute Gasteiger partial charge is 0.163 e. The molecule has 1 aliphatic carbocycles. The molecule has 4 aromatic rings. The summed E-state index contributed by atoms with van der Waals surface area (Å²) in [7, 11) is 1.68. The van der Waals surface area contributed by atoms with Crippen LogP contribution in [-0.4, -0.2) is 12.9 Å². The molecule has 0 amide bonds. The van der Waals surface area contributed by atoms with E-state index in [2.05, 4.69) is 95.1 Å². The van der Waals surface area contributed by atoms with Crippen molar-refractivity contribution in [3.05, 3.63) is 137 Å². The summed E-state index contributed by atoms with van der Waals surface area (Å²) in [6.07, 6.45) is 1.30. The van der Waals surface area contributed by atoms with Crippen molar-refractivity contribution in [3.8, 4) is 5.75 Å². The number of carbonyl (C=O) groups is 1. The van der Waals surface area contributed by atoms with Gasteiger partial charge in [-0.25, -0.2) is 0 Å². The largest absolute Gasteiger partial charge is 0.497 e. The molecule has 4 heteroatoms. The maximum atomic E-state index is 14.1. The molecule has 4 nitrogen and oxygen atoms in total. The number of ether oxygens (including phenoxy) is 1. The van der Waals surface area contributed by atoms with Gasteiger partial charge in [-0.3, -0.25) is 4.79 Å². The number of para-hydroxylation sites is 2. The van der Waals surface area contributed by atoms with Gasteiger partial charge in [0.2, 0.25) is 0 Å². The number of nitrogens with zero attached hydrogens (tertiary/aromatic N) is 1. The minimum atomic E-state index is -0.221. The van der Waals surface area contributed by atoms with Crippen LogP contribution >= 0.6 is 0 Å². The molecular formula is C33H30N2O2. The number of nitrogens with one attached hydrogen (secondary N) is 1. The molecule has 0 saturated heterocycles. The van der Waals surface area contributed by atoms with Crippen molar-refractivity contribution < 1.29 is 9.53 Å². The van der Waals surface area contributed by atoms with E-state index in [9.17, 15) is 4.79 Å². The first kappa shape index (κ1) is 23.1. The van der Waals surface area contributed by atoms with Crippen LogP contribution in [-0.2, 0) is 11.3 Å². The van der Waals surface area contributed by atoms with Gasteiger partial charge < -0.3 is 15.0 Å². The second-order valence-corrected chi connectivity index (χ2v) is 9.76. The third-order valence-corrected chi connectivity index (χ3v) is 7.49. The molecule has 0 spiro atoms. The maximum Gasteiger partial charge on any atom is 0.163 e. The monoisotopic (exact) mass is 486 g/mol. The van der Waals surface area contributed by atoms with E-state index in [1.807, 2.05) is 24.3 Å². The summed E-state index contributed by atoms with van der Waals surface area (Å²) < 4.78 is 5.45. The summed E-state index contributed by atoms with van der Waals surface area (Å²) in [5, 5.41) is 3.72. The van der Waals surface area contributed by atoms with Gasteiger partial charge in [-0.15, -0.1) is 0 Å². The van der Waals surface area contributed by atoms with Crippen molar-refractivity contribution in [2.45, 2.75) is 31.3 Å². The molecule has 1 heterocycles. The normalized spacial score (nSPS) is 18.9. The van der Waals surface area contributed by atoms with Crippen LogP contribution in [0.25, 0.3) is 0 Å². The van der Waals surface area contributed by atoms with Crippen molar-refractivity contribution in [2.75, 3.05) is 17.3 Å². The highest BCUT2D eigenvalue weighted by molar-refractivity contribution is 6.01. The zero-order valence-corrected chi connectivity index (χ0v) is 20.9. The molecular weight excluding hydrogens is 456 g/mol. The molecule has 2 aliphatic rings. The lowest BCUT2D eigenvalue weighted by molar-refractivity contribution is -0.116. The number of rotatable bonds is 5. The van der Waals surface area contributed by atoms with E-state index in [0.717, 1.165) is 40.4 Å². The van der Waals surface area contributed by atoms with Gasteiger partial charge in [0.05, 0.1) is 24.5 Å². The Hall–Kier alpha value is -4.31. The average molecular weight is 487 g/mol. The van der Waals surface area contributed by atoms with Crippen LogP contribution < -0.4 is 15.0 Å². The highest BCUT2D eigenvalue weighted by Gasteiger charge is 2.39. The van der Waals surface area contributed by atoms with Crippen LogP contribution in [0.1, 0.15) is 41.5 Å². The fourth-order valence-corrected chi connectivity index (χ4v) is 5.70. The molecule has 0 radical (unpaired) electrons. The summed E-state index contributed by atoms with van der Waals surface area (Å²) in [4.78, 5) is 16.4. The first-order valence-corrected chi connectivity index (χ1v) is 12.8. The number of hydrogen-bond acceptors (Lipinski definition) is 4. The Labute approximate surface area is 218 Å². The van der Waals surface area contributed by atoms with Crippen molar-refractivity contribution in [1.82, 2.24) is 0 Å². The molecule has 0 bridgehead atoms. The minimum absolute atomic E-state index is 0.157.